The summed E-state index contributed by atoms with van der Waals surface area (Å²) < 4.78 is 51.7. The Labute approximate surface area is 126 Å². The maximum atomic E-state index is 9.78. The highest BCUT2D eigenvalue weighted by Gasteiger charge is 2.20. The monoisotopic (exact) mass is 357 g/mol. The van der Waals surface area contributed by atoms with Crippen molar-refractivity contribution in [2.24, 2.45) is 0 Å². The minimum Gasteiger partial charge on any atom is -0.344 e. The van der Waals surface area contributed by atoms with Crippen LogP contribution in [-0.4, -0.2) is 39.7 Å². The number of nitrogens with one attached hydrogen (secondary N) is 1. The van der Waals surface area contributed by atoms with Gasteiger partial charge in [0.05, 0.1) is 0 Å². The molecule has 0 aromatic heterocycles. The highest BCUT2D eigenvalue weighted by Crippen LogP contribution is 1.97. The molecule has 21 heavy (non-hydrogen) atoms. The molecule has 11 nitrogen and oxygen atoms in total. The summed E-state index contributed by atoms with van der Waals surface area (Å²) >= 11 is 0. The topological polar surface area (TPSA) is 209 Å². The molecule has 0 radical (unpaired) electrons. The first-order valence-corrected chi connectivity index (χ1v) is 8.35. The second-order valence-corrected chi connectivity index (χ2v) is 5.80. The fourth-order valence-electron chi connectivity index (χ4n) is 0.846. The Kier molecular flexibility index (Phi) is 21.9. The van der Waals surface area contributed by atoms with Gasteiger partial charge in [-0.05, 0) is 25.9 Å². The van der Waals surface area contributed by atoms with Crippen LogP contribution < -0.4 is 17.6 Å². The Morgan fingerprint density at radius 3 is 1.52 bits per heavy atom. The van der Waals surface area contributed by atoms with Crippen LogP contribution in [0, 0.1) is 0 Å². The van der Waals surface area contributed by atoms with Crippen molar-refractivity contribution in [3.63, 3.8) is 0 Å². The van der Waals surface area contributed by atoms with Gasteiger partial charge in [-0.15, -0.1) is 0 Å². The lowest BCUT2D eigenvalue weighted by atomic mass is 10.3. The summed E-state index contributed by atoms with van der Waals surface area (Å²) in [6.45, 7) is 6.86. The Hall–Kier alpha value is -0.380. The summed E-state index contributed by atoms with van der Waals surface area (Å²) in [6.07, 6.45) is 5.26. The first-order chi connectivity index (χ1) is 8.68. The van der Waals surface area contributed by atoms with E-state index in [0.29, 0.717) is 0 Å². The molecule has 134 valence electrons. The molecule has 0 heterocycles. The van der Waals surface area contributed by atoms with Gasteiger partial charge in [-0.1, -0.05) is 34.7 Å². The summed E-state index contributed by atoms with van der Waals surface area (Å²) in [7, 11) is -10.2. The van der Waals surface area contributed by atoms with Crippen molar-refractivity contribution in [1.29, 1.82) is 0 Å². The zero-order chi connectivity index (χ0) is 15.4. The summed E-state index contributed by atoms with van der Waals surface area (Å²) in [5.41, 5.74) is 0. The summed E-state index contributed by atoms with van der Waals surface area (Å²) in [6, 6.07) is 0. The molecule has 0 saturated heterocycles. The van der Waals surface area contributed by atoms with Gasteiger partial charge in [0.15, 0.2) is 0 Å². The third-order valence-corrected chi connectivity index (χ3v) is 3.21. The van der Waals surface area contributed by atoms with E-state index in [0.717, 1.165) is 0 Å². The standard InChI is InChI=1S/C8H19N.2H3N.H2O8S2/c1-3-5-7-9-8-6-4-2;;;1-7-10(5,6)8-9(2,3)4/h9H,3-8H2,1-2H3;2*1H3;1H,(H,2,3,4). The van der Waals surface area contributed by atoms with E-state index >= 15 is 0 Å². The fraction of sp³-hybridized carbons (Fsp3) is 1.00. The van der Waals surface area contributed by atoms with E-state index in [2.05, 4.69) is 27.1 Å². The minimum absolute atomic E-state index is 0. The number of rotatable bonds is 9. The lowest BCUT2D eigenvalue weighted by molar-refractivity contribution is -0.138. The second kappa shape index (κ2) is 16.0. The largest absolute Gasteiger partial charge is 0.442 e. The van der Waals surface area contributed by atoms with Crippen molar-refractivity contribution < 1.29 is 34.6 Å². The third-order valence-electron chi connectivity index (χ3n) is 1.67. The Balaban J connectivity index is -0.000000126. The van der Waals surface area contributed by atoms with Gasteiger partial charge >= 0.3 is 20.8 Å². The molecule has 0 aromatic rings. The molecule has 0 aliphatic rings. The molecule has 0 atom stereocenters. The predicted molar refractivity (Wildman–Crippen MR) is 78.0 cm³/mol. The molecule has 0 rings (SSSR count). The van der Waals surface area contributed by atoms with Crippen LogP contribution in [0.2, 0.25) is 0 Å². The van der Waals surface area contributed by atoms with Crippen LogP contribution in [0.15, 0.2) is 0 Å². The van der Waals surface area contributed by atoms with Gasteiger partial charge in [0.1, 0.15) is 0 Å². The molecule has 0 aromatic carbocycles. The average Bonchev–Trinajstić information content (AvgIpc) is 2.27. The Bertz CT molecular complexity index is 392. The highest BCUT2D eigenvalue weighted by atomic mass is 32.3. The zero-order valence-corrected chi connectivity index (χ0v) is 14.0. The summed E-state index contributed by atoms with van der Waals surface area (Å²) in [4.78, 5) is 0. The van der Waals surface area contributed by atoms with Gasteiger partial charge in [-0.25, -0.2) is 5.26 Å². The molecule has 13 heteroatoms. The quantitative estimate of drug-likeness (QED) is 0.170. The molecule has 9 N–H and O–H groups in total. The van der Waals surface area contributed by atoms with E-state index in [1.807, 2.05) is 0 Å². The first-order valence-electron chi connectivity index (χ1n) is 5.65. The average molecular weight is 357 g/mol. The van der Waals surface area contributed by atoms with Crippen molar-refractivity contribution >= 4 is 20.8 Å². The molecule has 0 amide bonds. The van der Waals surface area contributed by atoms with Crippen LogP contribution >= 0.6 is 0 Å². The van der Waals surface area contributed by atoms with E-state index in [1.165, 1.54) is 38.8 Å². The number of unbranched alkanes of at least 4 members (excludes halogenated alkanes) is 2. The predicted octanol–water partition coefficient (Wildman–Crippen LogP) is 1.04. The maximum absolute atomic E-state index is 9.78. The molecule has 0 fully saturated rings. The van der Waals surface area contributed by atoms with Gasteiger partial charge in [-0.2, -0.15) is 16.8 Å². The van der Waals surface area contributed by atoms with Crippen LogP contribution in [-0.2, 0) is 28.8 Å². The highest BCUT2D eigenvalue weighted by molar-refractivity contribution is 7.94. The van der Waals surface area contributed by atoms with Crippen LogP contribution in [0.5, 0.6) is 0 Å². The number of hydrogen-bond donors (Lipinski definition) is 5. The van der Waals surface area contributed by atoms with Crippen molar-refractivity contribution in [2.45, 2.75) is 39.5 Å². The zero-order valence-electron chi connectivity index (χ0n) is 12.3. The minimum atomic E-state index is -5.17. The number of hydrogen-bond acceptors (Lipinski definition) is 10. The maximum Gasteiger partial charge on any atom is 0.442 e. The van der Waals surface area contributed by atoms with Crippen molar-refractivity contribution in [2.75, 3.05) is 13.1 Å². The lowest BCUT2D eigenvalue weighted by Gasteiger charge is -1.99. The smallest absolute Gasteiger partial charge is 0.344 e. The molecule has 0 saturated carbocycles. The third kappa shape index (κ3) is 28.5. The Morgan fingerprint density at radius 2 is 1.33 bits per heavy atom. The molecular weight excluding hydrogens is 330 g/mol. The lowest BCUT2D eigenvalue weighted by Crippen LogP contribution is -2.15. The van der Waals surface area contributed by atoms with E-state index in [1.54, 1.807) is 0 Å². The van der Waals surface area contributed by atoms with E-state index in [9.17, 15) is 16.8 Å². The van der Waals surface area contributed by atoms with Gasteiger partial charge in [0, 0.05) is 0 Å². The van der Waals surface area contributed by atoms with Gasteiger partial charge < -0.3 is 17.6 Å². The van der Waals surface area contributed by atoms with E-state index < -0.39 is 20.8 Å². The van der Waals surface area contributed by atoms with E-state index in [4.69, 9.17) is 9.81 Å². The van der Waals surface area contributed by atoms with Crippen LogP contribution in [0.3, 0.4) is 0 Å². The van der Waals surface area contributed by atoms with Crippen molar-refractivity contribution in [3.8, 4) is 0 Å². The molecular formula is C8H27N3O8S2. The van der Waals surface area contributed by atoms with Gasteiger partial charge in [-0.3, -0.25) is 4.55 Å². The SMILES string of the molecule is CCCCNCCCC.N.N.O=S(=O)(O)OS(=O)(=O)OO. The second-order valence-electron chi connectivity index (χ2n) is 3.44. The normalized spacial score (nSPS) is 10.7. The van der Waals surface area contributed by atoms with Crippen molar-refractivity contribution in [3.05, 3.63) is 0 Å². The fourth-order valence-corrected chi connectivity index (χ4v) is 1.79. The molecule has 0 unspecified atom stereocenters. The van der Waals surface area contributed by atoms with Gasteiger partial charge in [0.25, 0.3) is 0 Å². The Morgan fingerprint density at radius 1 is 0.952 bits per heavy atom. The summed E-state index contributed by atoms with van der Waals surface area (Å²) in [5, 5.41) is 10.8. The molecule has 0 bridgehead atoms. The molecule has 0 aliphatic heterocycles. The molecule has 0 aliphatic carbocycles. The van der Waals surface area contributed by atoms with Crippen molar-refractivity contribution in [1.82, 2.24) is 17.6 Å². The van der Waals surface area contributed by atoms with E-state index in [-0.39, 0.29) is 12.3 Å². The van der Waals surface area contributed by atoms with Crippen LogP contribution in [0.4, 0.5) is 0 Å². The first kappa shape index (κ1) is 28.7. The van der Waals surface area contributed by atoms with Gasteiger partial charge in [0.2, 0.25) is 0 Å². The van der Waals surface area contributed by atoms with Crippen LogP contribution in [0.1, 0.15) is 39.5 Å². The molecule has 0 spiro atoms. The van der Waals surface area contributed by atoms with Crippen LogP contribution in [0.25, 0.3) is 0 Å². The summed E-state index contributed by atoms with van der Waals surface area (Å²) in [5.74, 6) is 0.